The second-order valence-corrected chi connectivity index (χ2v) is 10.2. The molecule has 5 rings (SSSR count). The minimum atomic E-state index is -1.36. The van der Waals surface area contributed by atoms with Gasteiger partial charge in [0.2, 0.25) is 0 Å². The van der Waals surface area contributed by atoms with Crippen LogP contribution in [0.15, 0.2) is 121 Å². The largest absolute Gasteiger partial charge is 0.507 e. The molecule has 0 fully saturated rings. The molecule has 0 heterocycles. The van der Waals surface area contributed by atoms with Gasteiger partial charge in [-0.05, 0) is 34.4 Å². The first-order valence-electron chi connectivity index (χ1n) is 14.0. The molecule has 0 aromatic heterocycles. The van der Waals surface area contributed by atoms with Gasteiger partial charge in [0, 0.05) is 24.1 Å². The molecule has 220 valence electrons. The second-order valence-electron chi connectivity index (χ2n) is 10.2. The highest BCUT2D eigenvalue weighted by atomic mass is 16.5. The molecular formula is C36H34O7. The zero-order valence-corrected chi connectivity index (χ0v) is 23.5. The number of benzene rings is 5. The van der Waals surface area contributed by atoms with Gasteiger partial charge >= 0.3 is 0 Å². The maximum absolute atomic E-state index is 11.0. The number of aromatic hydroxyl groups is 2. The van der Waals surface area contributed by atoms with E-state index in [0.717, 1.165) is 16.7 Å². The predicted molar refractivity (Wildman–Crippen MR) is 163 cm³/mol. The Morgan fingerprint density at radius 1 is 0.512 bits per heavy atom. The summed E-state index contributed by atoms with van der Waals surface area (Å²) in [4.78, 5) is 0. The smallest absolute Gasteiger partial charge is 0.161 e. The first kappa shape index (κ1) is 29.5. The maximum atomic E-state index is 11.0. The third kappa shape index (κ3) is 8.07. The van der Waals surface area contributed by atoms with Gasteiger partial charge in [0.05, 0.1) is 6.10 Å². The van der Waals surface area contributed by atoms with E-state index in [1.807, 2.05) is 91.0 Å². The van der Waals surface area contributed by atoms with Crippen molar-refractivity contribution in [3.05, 3.63) is 149 Å². The van der Waals surface area contributed by atoms with Gasteiger partial charge in [-0.1, -0.05) is 97.1 Å². The van der Waals surface area contributed by atoms with E-state index in [1.165, 1.54) is 12.1 Å². The Hall–Kier alpha value is -4.98. The summed E-state index contributed by atoms with van der Waals surface area (Å²) in [5.74, 6) is 0.696. The normalized spacial score (nSPS) is 12.3. The van der Waals surface area contributed by atoms with E-state index in [-0.39, 0.29) is 36.9 Å². The third-order valence-corrected chi connectivity index (χ3v) is 6.98. The Labute approximate surface area is 250 Å². The summed E-state index contributed by atoms with van der Waals surface area (Å²) in [7, 11) is 0. The molecule has 7 nitrogen and oxygen atoms in total. The standard InChI is InChI=1S/C36H34O7/c37-31-19-29(41-22-25-10-4-1-5-11-25)20-35(43-24-27-14-8-3-9-15-27)30(31)21-33(39)36(40)28-16-17-34(32(38)18-28)42-23-26-12-6-2-7-13-26/h1-20,33,36-40H,21-24H2/t33-,36-/m0/s1. The summed E-state index contributed by atoms with van der Waals surface area (Å²) < 4.78 is 17.7. The van der Waals surface area contributed by atoms with E-state index in [0.29, 0.717) is 29.2 Å². The lowest BCUT2D eigenvalue weighted by Crippen LogP contribution is -2.21. The van der Waals surface area contributed by atoms with Gasteiger partial charge < -0.3 is 34.6 Å². The van der Waals surface area contributed by atoms with Crippen molar-refractivity contribution in [1.82, 2.24) is 0 Å². The summed E-state index contributed by atoms with van der Waals surface area (Å²) >= 11 is 0. The van der Waals surface area contributed by atoms with Gasteiger partial charge in [-0.3, -0.25) is 0 Å². The molecule has 2 atom stereocenters. The molecule has 0 bridgehead atoms. The van der Waals surface area contributed by atoms with E-state index in [4.69, 9.17) is 14.2 Å². The van der Waals surface area contributed by atoms with E-state index in [1.54, 1.807) is 18.2 Å². The lowest BCUT2D eigenvalue weighted by molar-refractivity contribution is 0.0181. The Morgan fingerprint density at radius 3 is 1.56 bits per heavy atom. The van der Waals surface area contributed by atoms with Gasteiger partial charge in [0.15, 0.2) is 11.5 Å². The minimum Gasteiger partial charge on any atom is -0.507 e. The summed E-state index contributed by atoms with van der Waals surface area (Å²) in [5.41, 5.74) is 3.46. The average Bonchev–Trinajstić information content (AvgIpc) is 3.04. The van der Waals surface area contributed by atoms with Crippen LogP contribution in [0.3, 0.4) is 0 Å². The van der Waals surface area contributed by atoms with Gasteiger partial charge in [-0.25, -0.2) is 0 Å². The van der Waals surface area contributed by atoms with Gasteiger partial charge in [0.25, 0.3) is 0 Å². The van der Waals surface area contributed by atoms with Crippen LogP contribution in [-0.2, 0) is 26.2 Å². The first-order chi connectivity index (χ1) is 21.0. The summed E-state index contributed by atoms with van der Waals surface area (Å²) in [6, 6.07) is 36.4. The van der Waals surface area contributed by atoms with Crippen LogP contribution in [0.5, 0.6) is 28.7 Å². The molecule has 0 saturated carbocycles. The highest BCUT2D eigenvalue weighted by molar-refractivity contribution is 5.51. The van der Waals surface area contributed by atoms with E-state index in [9.17, 15) is 20.4 Å². The van der Waals surface area contributed by atoms with Gasteiger partial charge in [-0.2, -0.15) is 0 Å². The highest BCUT2D eigenvalue weighted by Gasteiger charge is 2.24. The van der Waals surface area contributed by atoms with E-state index >= 15 is 0 Å². The molecule has 5 aromatic rings. The fourth-order valence-electron chi connectivity index (χ4n) is 4.62. The minimum absolute atomic E-state index is 0.122. The number of phenolic OH excluding ortho intramolecular Hbond substituents is 2. The highest BCUT2D eigenvalue weighted by Crippen LogP contribution is 2.37. The first-order valence-corrected chi connectivity index (χ1v) is 14.0. The van der Waals surface area contributed by atoms with Crippen LogP contribution in [0.25, 0.3) is 0 Å². The third-order valence-electron chi connectivity index (χ3n) is 6.98. The van der Waals surface area contributed by atoms with Crippen molar-refractivity contribution in [2.75, 3.05) is 0 Å². The molecule has 0 saturated heterocycles. The lowest BCUT2D eigenvalue weighted by Gasteiger charge is -2.22. The molecule has 0 spiro atoms. The molecule has 0 amide bonds. The van der Waals surface area contributed by atoms with Crippen LogP contribution in [0, 0.1) is 0 Å². The van der Waals surface area contributed by atoms with Gasteiger partial charge in [0.1, 0.15) is 43.2 Å². The zero-order chi connectivity index (χ0) is 30.0. The molecular weight excluding hydrogens is 544 g/mol. The Kier molecular flexibility index (Phi) is 9.79. The van der Waals surface area contributed by atoms with Crippen LogP contribution >= 0.6 is 0 Å². The Balaban J connectivity index is 1.31. The second kappa shape index (κ2) is 14.3. The molecule has 5 aromatic carbocycles. The Bertz CT molecular complexity index is 1590. The van der Waals surface area contributed by atoms with Crippen molar-refractivity contribution >= 4 is 0 Å². The van der Waals surface area contributed by atoms with Crippen molar-refractivity contribution in [2.24, 2.45) is 0 Å². The number of hydrogen-bond acceptors (Lipinski definition) is 7. The van der Waals surface area contributed by atoms with Crippen molar-refractivity contribution < 1.29 is 34.6 Å². The number of aliphatic hydroxyl groups is 2. The molecule has 0 unspecified atom stereocenters. The summed E-state index contributed by atoms with van der Waals surface area (Å²) in [6.07, 6.45) is -2.80. The maximum Gasteiger partial charge on any atom is 0.161 e. The summed E-state index contributed by atoms with van der Waals surface area (Å²) in [6.45, 7) is 0.801. The number of phenols is 2. The number of ether oxygens (including phenoxy) is 3. The number of hydrogen-bond donors (Lipinski definition) is 4. The van der Waals surface area contributed by atoms with Crippen molar-refractivity contribution in [2.45, 2.75) is 38.4 Å². The molecule has 0 aliphatic carbocycles. The monoisotopic (exact) mass is 578 g/mol. The average molecular weight is 579 g/mol. The van der Waals surface area contributed by atoms with Crippen molar-refractivity contribution in [3.63, 3.8) is 0 Å². The fourth-order valence-corrected chi connectivity index (χ4v) is 4.62. The molecule has 7 heteroatoms. The topological polar surface area (TPSA) is 109 Å². The van der Waals surface area contributed by atoms with Crippen LogP contribution in [0.1, 0.15) is 33.9 Å². The van der Waals surface area contributed by atoms with Crippen molar-refractivity contribution in [1.29, 1.82) is 0 Å². The number of rotatable bonds is 13. The molecule has 4 N–H and O–H groups in total. The van der Waals surface area contributed by atoms with Crippen LogP contribution in [-0.4, -0.2) is 26.5 Å². The van der Waals surface area contributed by atoms with E-state index < -0.39 is 12.2 Å². The lowest BCUT2D eigenvalue weighted by atomic mass is 9.97. The zero-order valence-electron chi connectivity index (χ0n) is 23.5. The van der Waals surface area contributed by atoms with Crippen molar-refractivity contribution in [3.8, 4) is 28.7 Å². The van der Waals surface area contributed by atoms with Crippen LogP contribution in [0.2, 0.25) is 0 Å². The van der Waals surface area contributed by atoms with Gasteiger partial charge in [-0.15, -0.1) is 0 Å². The quantitative estimate of drug-likeness (QED) is 0.127. The molecule has 0 aliphatic rings. The fraction of sp³-hybridized carbons (Fsp3) is 0.167. The molecule has 0 aliphatic heterocycles. The predicted octanol–water partition coefficient (Wildman–Crippen LogP) is 6.47. The Morgan fingerprint density at radius 2 is 1.02 bits per heavy atom. The van der Waals surface area contributed by atoms with Crippen LogP contribution < -0.4 is 14.2 Å². The summed E-state index contributed by atoms with van der Waals surface area (Å²) in [5, 5.41) is 43.5. The SMILES string of the molecule is Oc1cc([C@H](O)[C@@H](O)Cc2c(O)cc(OCc3ccccc3)cc2OCc2ccccc2)ccc1OCc1ccccc1. The van der Waals surface area contributed by atoms with Crippen LogP contribution in [0.4, 0.5) is 0 Å². The number of aliphatic hydroxyl groups excluding tert-OH is 2. The van der Waals surface area contributed by atoms with E-state index in [2.05, 4.69) is 0 Å². The molecule has 0 radical (unpaired) electrons. The molecule has 43 heavy (non-hydrogen) atoms.